The normalized spacial score (nSPS) is 13.4. The van der Waals surface area contributed by atoms with Crippen molar-refractivity contribution in [2.45, 2.75) is 33.8 Å². The summed E-state index contributed by atoms with van der Waals surface area (Å²) in [5, 5.41) is 22.3. The van der Waals surface area contributed by atoms with E-state index >= 15 is 0 Å². The summed E-state index contributed by atoms with van der Waals surface area (Å²) in [6.45, 7) is 5.85. The van der Waals surface area contributed by atoms with Crippen molar-refractivity contribution in [2.75, 3.05) is 25.5 Å². The Kier molecular flexibility index (Phi) is 13.3. The van der Waals surface area contributed by atoms with Crippen molar-refractivity contribution >= 4 is 60.1 Å². The van der Waals surface area contributed by atoms with E-state index < -0.39 is 4.92 Å². The summed E-state index contributed by atoms with van der Waals surface area (Å²) in [6.07, 6.45) is 6.84. The van der Waals surface area contributed by atoms with Gasteiger partial charge in [0.15, 0.2) is 0 Å². The maximum absolute atomic E-state index is 10.4. The Bertz CT molecular complexity index is 1730. The van der Waals surface area contributed by atoms with Gasteiger partial charge in [-0.25, -0.2) is 9.97 Å². The number of nitro benzene ring substituents is 1. The second-order valence-corrected chi connectivity index (χ2v) is 11.3. The maximum Gasteiger partial charge on any atom is 0.274 e. The fourth-order valence-electron chi connectivity index (χ4n) is 4.36. The topological polar surface area (TPSA) is 129 Å². The van der Waals surface area contributed by atoms with E-state index in [0.29, 0.717) is 16.2 Å². The number of aromatic nitrogens is 4. The Labute approximate surface area is 279 Å². The van der Waals surface area contributed by atoms with E-state index in [4.69, 9.17) is 9.47 Å². The molecule has 1 saturated heterocycles. The Morgan fingerprint density at radius 2 is 1.82 bits per heavy atom. The molecule has 3 heterocycles. The van der Waals surface area contributed by atoms with Crippen LogP contribution in [0.15, 0.2) is 82.1 Å². The van der Waals surface area contributed by atoms with Crippen LogP contribution in [0.2, 0.25) is 0 Å². The number of methoxy groups -OCH3 is 1. The number of non-ortho nitro benzene ring substituents is 1. The standard InChI is InChI=1S/C22H21BrN6O.C7H6BrNO3.C2H6.CH4/c1-29-13-16(11-26-29)14-7-18(9-20(8-14)30-19-4-5-24-12-19)27-22-25-10-15-6-17(23)2-3-21(15)28-22;1-12-7-3-5(8)2-6(4-7)9(10)11;1-2;/h2-3,6-11,13,19,24H,4-5,12H2,1H3,(H,25,27,28);2-4H,1H3;1-2H3;1H4. The minimum Gasteiger partial charge on any atom is -0.496 e. The lowest BCUT2D eigenvalue weighted by molar-refractivity contribution is -0.385. The van der Waals surface area contributed by atoms with Gasteiger partial charge in [0.2, 0.25) is 5.95 Å². The van der Waals surface area contributed by atoms with Crippen LogP contribution in [0.25, 0.3) is 22.0 Å². The monoisotopic (exact) mass is 741 g/mol. The number of anilines is 2. The minimum absolute atomic E-state index is 0. The number of nitrogens with zero attached hydrogens (tertiary/aromatic N) is 5. The van der Waals surface area contributed by atoms with Gasteiger partial charge in [-0.3, -0.25) is 14.8 Å². The molecule has 1 aliphatic heterocycles. The molecular formula is C32H37Br2N7O4. The Morgan fingerprint density at radius 1 is 1.02 bits per heavy atom. The van der Waals surface area contributed by atoms with Gasteiger partial charge < -0.3 is 20.1 Å². The van der Waals surface area contributed by atoms with Crippen LogP contribution in [-0.4, -0.2) is 51.0 Å². The largest absolute Gasteiger partial charge is 0.496 e. The second kappa shape index (κ2) is 16.8. The van der Waals surface area contributed by atoms with Crippen molar-refractivity contribution in [1.82, 2.24) is 25.1 Å². The smallest absolute Gasteiger partial charge is 0.274 e. The van der Waals surface area contributed by atoms with Crippen LogP contribution >= 0.6 is 31.9 Å². The molecule has 5 aromatic rings. The molecule has 3 aromatic carbocycles. The molecule has 1 unspecified atom stereocenters. The molecule has 0 amide bonds. The molecule has 1 fully saturated rings. The van der Waals surface area contributed by atoms with Gasteiger partial charge in [-0.05, 0) is 54.9 Å². The van der Waals surface area contributed by atoms with Crippen LogP contribution in [0.5, 0.6) is 11.5 Å². The lowest BCUT2D eigenvalue weighted by Crippen LogP contribution is -2.19. The van der Waals surface area contributed by atoms with Crippen LogP contribution in [0.4, 0.5) is 17.3 Å². The highest BCUT2D eigenvalue weighted by atomic mass is 79.9. The number of benzene rings is 3. The molecule has 45 heavy (non-hydrogen) atoms. The van der Waals surface area contributed by atoms with Crippen molar-refractivity contribution in [3.8, 4) is 22.6 Å². The molecule has 2 N–H and O–H groups in total. The van der Waals surface area contributed by atoms with Crippen LogP contribution < -0.4 is 20.1 Å². The molecule has 0 radical (unpaired) electrons. The minimum atomic E-state index is -0.465. The van der Waals surface area contributed by atoms with Gasteiger partial charge in [-0.1, -0.05) is 53.1 Å². The summed E-state index contributed by atoms with van der Waals surface area (Å²) in [4.78, 5) is 19.0. The van der Waals surface area contributed by atoms with Crippen LogP contribution in [0.3, 0.4) is 0 Å². The van der Waals surface area contributed by atoms with E-state index in [1.807, 2.05) is 63.8 Å². The first-order chi connectivity index (χ1) is 21.2. The van der Waals surface area contributed by atoms with Gasteiger partial charge in [0.05, 0.1) is 29.8 Å². The third-order valence-electron chi connectivity index (χ3n) is 6.36. The second-order valence-electron chi connectivity index (χ2n) is 9.51. The van der Waals surface area contributed by atoms with Crippen molar-refractivity contribution in [3.05, 3.63) is 92.2 Å². The van der Waals surface area contributed by atoms with Gasteiger partial charge in [0.1, 0.15) is 17.6 Å². The molecule has 238 valence electrons. The summed E-state index contributed by atoms with van der Waals surface area (Å²) in [6, 6.07) is 16.5. The Hall–Kier alpha value is -4.07. The summed E-state index contributed by atoms with van der Waals surface area (Å²) in [7, 11) is 3.37. The summed E-state index contributed by atoms with van der Waals surface area (Å²) in [5.41, 5.74) is 3.82. The number of fused-ring (bicyclic) bond motifs is 1. The zero-order valence-corrected chi connectivity index (χ0v) is 27.9. The summed E-state index contributed by atoms with van der Waals surface area (Å²) >= 11 is 6.62. The molecule has 0 aliphatic carbocycles. The average molecular weight is 744 g/mol. The Balaban J connectivity index is 0.000000312. The first-order valence-electron chi connectivity index (χ1n) is 14.0. The molecule has 1 aliphatic rings. The first kappa shape index (κ1) is 35.4. The third kappa shape index (κ3) is 9.96. The fraction of sp³-hybridized carbons (Fsp3) is 0.281. The van der Waals surface area contributed by atoms with Gasteiger partial charge in [0.25, 0.3) is 5.69 Å². The van der Waals surface area contributed by atoms with E-state index in [0.717, 1.165) is 57.4 Å². The van der Waals surface area contributed by atoms with E-state index in [1.165, 1.54) is 19.2 Å². The summed E-state index contributed by atoms with van der Waals surface area (Å²) in [5.74, 6) is 1.83. The molecule has 0 bridgehead atoms. The van der Waals surface area contributed by atoms with Crippen LogP contribution in [0, 0.1) is 10.1 Å². The van der Waals surface area contributed by atoms with E-state index in [9.17, 15) is 10.1 Å². The van der Waals surface area contributed by atoms with Crippen molar-refractivity contribution in [3.63, 3.8) is 0 Å². The number of aryl methyl sites for hydroxylation is 1. The molecule has 6 rings (SSSR count). The van der Waals surface area contributed by atoms with Crippen molar-refractivity contribution in [2.24, 2.45) is 7.05 Å². The van der Waals surface area contributed by atoms with Crippen LogP contribution in [0.1, 0.15) is 27.7 Å². The first-order valence-corrected chi connectivity index (χ1v) is 15.5. The van der Waals surface area contributed by atoms with E-state index in [2.05, 4.69) is 69.7 Å². The maximum atomic E-state index is 10.4. The van der Waals surface area contributed by atoms with Crippen LogP contribution in [-0.2, 0) is 7.05 Å². The number of hydrogen-bond donors (Lipinski definition) is 2. The predicted octanol–water partition coefficient (Wildman–Crippen LogP) is 8.31. The quantitative estimate of drug-likeness (QED) is 0.125. The highest BCUT2D eigenvalue weighted by Gasteiger charge is 2.17. The predicted molar refractivity (Wildman–Crippen MR) is 186 cm³/mol. The Morgan fingerprint density at radius 3 is 2.49 bits per heavy atom. The highest BCUT2D eigenvalue weighted by Crippen LogP contribution is 2.31. The van der Waals surface area contributed by atoms with E-state index in [-0.39, 0.29) is 19.2 Å². The molecule has 2 aromatic heterocycles. The average Bonchev–Trinajstić information content (AvgIpc) is 3.70. The third-order valence-corrected chi connectivity index (χ3v) is 7.31. The molecule has 1 atom stereocenters. The summed E-state index contributed by atoms with van der Waals surface area (Å²) < 4.78 is 14.5. The highest BCUT2D eigenvalue weighted by molar-refractivity contribution is 9.10. The lowest BCUT2D eigenvalue weighted by atomic mass is 10.1. The molecule has 13 heteroatoms. The van der Waals surface area contributed by atoms with Crippen molar-refractivity contribution in [1.29, 1.82) is 0 Å². The zero-order chi connectivity index (χ0) is 31.6. The number of ether oxygens (including phenoxy) is 2. The molecular weight excluding hydrogens is 706 g/mol. The van der Waals surface area contributed by atoms with Crippen molar-refractivity contribution < 1.29 is 14.4 Å². The van der Waals surface area contributed by atoms with Gasteiger partial charge >= 0.3 is 0 Å². The SMILES string of the molecule is C.CC.COc1cc(Br)cc([N+](=O)[O-])c1.Cn1cc(-c2cc(Nc3ncc4cc(Br)ccc4n3)cc(OC3CCNC3)c2)cn1. The molecule has 0 spiro atoms. The van der Waals surface area contributed by atoms with E-state index in [1.54, 1.807) is 10.7 Å². The van der Waals surface area contributed by atoms with Gasteiger partial charge in [0, 0.05) is 63.7 Å². The molecule has 0 saturated carbocycles. The number of halogens is 2. The fourth-order valence-corrected chi connectivity index (χ4v) is 5.20. The number of rotatable bonds is 7. The zero-order valence-electron chi connectivity index (χ0n) is 24.8. The van der Waals surface area contributed by atoms with Gasteiger partial charge in [-0.15, -0.1) is 0 Å². The number of hydrogen-bond acceptors (Lipinski definition) is 9. The van der Waals surface area contributed by atoms with Gasteiger partial charge in [-0.2, -0.15) is 5.10 Å². The number of nitro groups is 1. The number of nitrogens with one attached hydrogen (secondary N) is 2. The molecule has 11 nitrogen and oxygen atoms in total. The lowest BCUT2D eigenvalue weighted by Gasteiger charge is -2.15.